The number of carboxylic acid groups (broad SMARTS) is 1. The molecule has 1 heterocycles. The Labute approximate surface area is 114 Å². The third-order valence-corrected chi connectivity index (χ3v) is 3.19. The van der Waals surface area contributed by atoms with Crippen LogP contribution in [0.3, 0.4) is 0 Å². The van der Waals surface area contributed by atoms with E-state index in [9.17, 15) is 9.18 Å². The lowest BCUT2D eigenvalue weighted by Crippen LogP contribution is -2.00. The van der Waals surface area contributed by atoms with Gasteiger partial charge in [0.25, 0.3) is 0 Å². The number of hydrogen-bond acceptors (Lipinski definition) is 2. The number of benzene rings is 2. The minimum atomic E-state index is -1.27. The lowest BCUT2D eigenvalue weighted by atomic mass is 9.98. The molecule has 0 aliphatic carbocycles. The van der Waals surface area contributed by atoms with Crippen LogP contribution in [0.1, 0.15) is 10.4 Å². The highest BCUT2D eigenvalue weighted by atomic mass is 19.1. The molecule has 2 aromatic carbocycles. The van der Waals surface area contributed by atoms with Crippen LogP contribution < -0.4 is 0 Å². The zero-order valence-electron chi connectivity index (χ0n) is 10.4. The van der Waals surface area contributed by atoms with Crippen molar-refractivity contribution in [2.75, 3.05) is 0 Å². The van der Waals surface area contributed by atoms with E-state index >= 15 is 0 Å². The minimum Gasteiger partial charge on any atom is -0.478 e. The quantitative estimate of drug-likeness (QED) is 0.769. The maximum atomic E-state index is 13.8. The molecule has 0 spiro atoms. The molecule has 0 saturated carbocycles. The summed E-state index contributed by atoms with van der Waals surface area (Å²) in [5.74, 6) is -2.00. The van der Waals surface area contributed by atoms with Gasteiger partial charge in [0.1, 0.15) is 5.82 Å². The first-order chi connectivity index (χ1) is 9.66. The van der Waals surface area contributed by atoms with E-state index in [1.807, 2.05) is 24.3 Å². The largest absolute Gasteiger partial charge is 0.478 e. The van der Waals surface area contributed by atoms with Gasteiger partial charge in [0.15, 0.2) is 0 Å². The topological polar surface area (TPSA) is 50.2 Å². The van der Waals surface area contributed by atoms with Crippen LogP contribution in [0.2, 0.25) is 0 Å². The van der Waals surface area contributed by atoms with Gasteiger partial charge in [-0.1, -0.05) is 24.3 Å². The van der Waals surface area contributed by atoms with E-state index in [1.165, 1.54) is 12.1 Å². The van der Waals surface area contributed by atoms with Crippen molar-refractivity contribution in [2.45, 2.75) is 0 Å². The van der Waals surface area contributed by atoms with Crippen molar-refractivity contribution in [2.24, 2.45) is 0 Å². The maximum absolute atomic E-state index is 13.8. The van der Waals surface area contributed by atoms with Gasteiger partial charge in [-0.05, 0) is 34.7 Å². The van der Waals surface area contributed by atoms with Gasteiger partial charge >= 0.3 is 5.97 Å². The Bertz CT molecular complexity index is 809. The molecular weight excluding hydrogens is 257 g/mol. The second kappa shape index (κ2) is 4.74. The van der Waals surface area contributed by atoms with Crippen LogP contribution in [0, 0.1) is 5.82 Å². The lowest BCUT2D eigenvalue weighted by Gasteiger charge is -2.07. The summed E-state index contributed by atoms with van der Waals surface area (Å²) in [6.45, 7) is 0. The summed E-state index contributed by atoms with van der Waals surface area (Å²) in [6, 6.07) is 11.7. The predicted octanol–water partition coefficient (Wildman–Crippen LogP) is 3.74. The van der Waals surface area contributed by atoms with Gasteiger partial charge in [0.05, 0.1) is 5.56 Å². The molecule has 0 aliphatic rings. The molecule has 3 rings (SSSR count). The van der Waals surface area contributed by atoms with Crippen LogP contribution in [-0.4, -0.2) is 16.1 Å². The fourth-order valence-corrected chi connectivity index (χ4v) is 2.23. The number of carboxylic acids is 1. The fourth-order valence-electron chi connectivity index (χ4n) is 2.23. The Morgan fingerprint density at radius 3 is 2.75 bits per heavy atom. The van der Waals surface area contributed by atoms with E-state index in [4.69, 9.17) is 5.11 Å². The second-order valence-corrected chi connectivity index (χ2v) is 4.40. The van der Waals surface area contributed by atoms with Crippen LogP contribution in [0.5, 0.6) is 0 Å². The predicted molar refractivity (Wildman–Crippen MR) is 74.1 cm³/mol. The van der Waals surface area contributed by atoms with E-state index in [2.05, 4.69) is 4.98 Å². The van der Waals surface area contributed by atoms with Crippen LogP contribution in [0.15, 0.2) is 54.9 Å². The number of fused-ring (bicyclic) bond motifs is 1. The Morgan fingerprint density at radius 1 is 1.15 bits per heavy atom. The Hall–Kier alpha value is -2.75. The molecule has 0 amide bonds. The van der Waals surface area contributed by atoms with E-state index < -0.39 is 11.8 Å². The first kappa shape index (κ1) is 12.3. The highest BCUT2D eigenvalue weighted by molar-refractivity contribution is 5.97. The molecule has 1 aromatic heterocycles. The first-order valence-electron chi connectivity index (χ1n) is 6.03. The number of rotatable bonds is 2. The summed E-state index contributed by atoms with van der Waals surface area (Å²) in [6.07, 6.45) is 3.41. The standard InChI is InChI=1S/C16H10FNO2/c17-15-8-10(4-5-14(15)16(19)20)12-3-1-2-11-9-18-7-6-13(11)12/h1-9H,(H,19,20). The molecule has 0 aliphatic heterocycles. The zero-order chi connectivity index (χ0) is 14.1. The Balaban J connectivity index is 2.21. The van der Waals surface area contributed by atoms with Gasteiger partial charge in [-0.15, -0.1) is 0 Å². The third-order valence-electron chi connectivity index (χ3n) is 3.19. The molecule has 3 aromatic rings. The summed E-state index contributed by atoms with van der Waals surface area (Å²) in [5, 5.41) is 10.8. The highest BCUT2D eigenvalue weighted by Crippen LogP contribution is 2.29. The highest BCUT2D eigenvalue weighted by Gasteiger charge is 2.12. The molecule has 0 fully saturated rings. The molecule has 4 heteroatoms. The minimum absolute atomic E-state index is 0.323. The van der Waals surface area contributed by atoms with Crippen molar-refractivity contribution < 1.29 is 14.3 Å². The smallest absolute Gasteiger partial charge is 0.338 e. The molecule has 0 radical (unpaired) electrons. The monoisotopic (exact) mass is 267 g/mol. The average Bonchev–Trinajstić information content (AvgIpc) is 2.46. The number of aromatic nitrogens is 1. The van der Waals surface area contributed by atoms with E-state index in [0.29, 0.717) is 5.56 Å². The molecule has 20 heavy (non-hydrogen) atoms. The van der Waals surface area contributed by atoms with E-state index in [-0.39, 0.29) is 5.56 Å². The van der Waals surface area contributed by atoms with Crippen molar-refractivity contribution >= 4 is 16.7 Å². The molecular formula is C16H10FNO2. The van der Waals surface area contributed by atoms with Gasteiger partial charge in [-0.3, -0.25) is 4.98 Å². The normalized spacial score (nSPS) is 10.7. The van der Waals surface area contributed by atoms with Crippen molar-refractivity contribution in [1.29, 1.82) is 0 Å². The number of hydrogen-bond donors (Lipinski definition) is 1. The van der Waals surface area contributed by atoms with Crippen LogP contribution in [0.4, 0.5) is 4.39 Å². The van der Waals surface area contributed by atoms with Crippen LogP contribution >= 0.6 is 0 Å². The van der Waals surface area contributed by atoms with Gasteiger partial charge in [0, 0.05) is 17.8 Å². The van der Waals surface area contributed by atoms with Gasteiger partial charge in [0.2, 0.25) is 0 Å². The number of aromatic carboxylic acids is 1. The van der Waals surface area contributed by atoms with Crippen LogP contribution in [-0.2, 0) is 0 Å². The summed E-state index contributed by atoms with van der Waals surface area (Å²) in [7, 11) is 0. The summed E-state index contributed by atoms with van der Waals surface area (Å²) < 4.78 is 13.8. The number of halogens is 1. The van der Waals surface area contributed by atoms with E-state index in [1.54, 1.807) is 18.5 Å². The molecule has 0 bridgehead atoms. The molecule has 1 N–H and O–H groups in total. The number of carbonyl (C=O) groups is 1. The molecule has 0 saturated heterocycles. The van der Waals surface area contributed by atoms with Crippen molar-refractivity contribution in [3.05, 3.63) is 66.2 Å². The zero-order valence-corrected chi connectivity index (χ0v) is 10.4. The summed E-state index contributed by atoms with van der Waals surface area (Å²) in [5.41, 5.74) is 1.17. The summed E-state index contributed by atoms with van der Waals surface area (Å²) in [4.78, 5) is 14.9. The van der Waals surface area contributed by atoms with Gasteiger partial charge in [-0.25, -0.2) is 9.18 Å². The van der Waals surface area contributed by atoms with E-state index in [0.717, 1.165) is 16.3 Å². The molecule has 0 atom stereocenters. The third kappa shape index (κ3) is 2.01. The van der Waals surface area contributed by atoms with Crippen LogP contribution in [0.25, 0.3) is 21.9 Å². The lowest BCUT2D eigenvalue weighted by molar-refractivity contribution is 0.0692. The Kier molecular flexibility index (Phi) is 2.91. The first-order valence-corrected chi connectivity index (χ1v) is 6.03. The van der Waals surface area contributed by atoms with Crippen molar-refractivity contribution in [3.8, 4) is 11.1 Å². The fraction of sp³-hybridized carbons (Fsp3) is 0. The SMILES string of the molecule is O=C(O)c1ccc(-c2cccc3cnccc23)cc1F. The molecule has 98 valence electrons. The van der Waals surface area contributed by atoms with Crippen molar-refractivity contribution in [1.82, 2.24) is 4.98 Å². The van der Waals surface area contributed by atoms with Gasteiger partial charge in [-0.2, -0.15) is 0 Å². The number of pyridine rings is 1. The molecule has 3 nitrogen and oxygen atoms in total. The molecule has 0 unspecified atom stereocenters. The number of nitrogens with zero attached hydrogens (tertiary/aromatic N) is 1. The summed E-state index contributed by atoms with van der Waals surface area (Å²) >= 11 is 0. The second-order valence-electron chi connectivity index (χ2n) is 4.40. The maximum Gasteiger partial charge on any atom is 0.338 e. The Morgan fingerprint density at radius 2 is 2.00 bits per heavy atom. The van der Waals surface area contributed by atoms with Crippen molar-refractivity contribution in [3.63, 3.8) is 0 Å². The average molecular weight is 267 g/mol. The van der Waals surface area contributed by atoms with Gasteiger partial charge < -0.3 is 5.11 Å².